The predicted octanol–water partition coefficient (Wildman–Crippen LogP) is 3.88. The van der Waals surface area contributed by atoms with E-state index in [4.69, 9.17) is 0 Å². The third-order valence-corrected chi connectivity index (χ3v) is 5.00. The fourth-order valence-corrected chi connectivity index (χ4v) is 3.34. The van der Waals surface area contributed by atoms with Crippen LogP contribution in [0.15, 0.2) is 48.7 Å². The molecule has 0 radical (unpaired) electrons. The van der Waals surface area contributed by atoms with Crippen LogP contribution < -0.4 is 0 Å². The highest BCUT2D eigenvalue weighted by atomic mass is 16.2. The normalized spacial score (nSPS) is 10.9. The van der Waals surface area contributed by atoms with E-state index in [-0.39, 0.29) is 18.4 Å². The molecule has 0 aliphatic heterocycles. The average molecular weight is 398 g/mol. The van der Waals surface area contributed by atoms with Crippen LogP contribution in [0.1, 0.15) is 44.9 Å². The zero-order valence-corrected chi connectivity index (χ0v) is 18.3. The van der Waals surface area contributed by atoms with E-state index in [1.165, 1.54) is 0 Å². The molecule has 29 heavy (non-hydrogen) atoms. The molecule has 0 aliphatic rings. The van der Waals surface area contributed by atoms with Gasteiger partial charge in [-0.25, -0.2) is 0 Å². The quantitative estimate of drug-likeness (QED) is 0.578. The van der Waals surface area contributed by atoms with Gasteiger partial charge >= 0.3 is 0 Å². The van der Waals surface area contributed by atoms with Gasteiger partial charge in [0.25, 0.3) is 0 Å². The molecular weight excluding hydrogens is 362 g/mol. The molecule has 5 nitrogen and oxygen atoms in total. The highest BCUT2D eigenvalue weighted by molar-refractivity contribution is 5.86. The van der Waals surface area contributed by atoms with Gasteiger partial charge in [-0.05, 0) is 30.0 Å². The van der Waals surface area contributed by atoms with Gasteiger partial charge in [0.05, 0.1) is 19.5 Å². The third kappa shape index (κ3) is 7.41. The molecule has 0 fully saturated rings. The van der Waals surface area contributed by atoms with Crippen molar-refractivity contribution in [1.82, 2.24) is 14.4 Å². The molecular formula is C24H35N3O2. The van der Waals surface area contributed by atoms with Crippen LogP contribution in [0.5, 0.6) is 0 Å². The van der Waals surface area contributed by atoms with Gasteiger partial charge < -0.3 is 14.4 Å². The summed E-state index contributed by atoms with van der Waals surface area (Å²) < 4.78 is 2.04. The van der Waals surface area contributed by atoms with Crippen molar-refractivity contribution in [3.05, 3.63) is 59.9 Å². The highest BCUT2D eigenvalue weighted by Gasteiger charge is 2.22. The van der Waals surface area contributed by atoms with Crippen LogP contribution in [0.3, 0.4) is 0 Å². The van der Waals surface area contributed by atoms with Gasteiger partial charge in [0.2, 0.25) is 11.8 Å². The summed E-state index contributed by atoms with van der Waals surface area (Å²) in [5.74, 6) is 0.328. The van der Waals surface area contributed by atoms with Crippen molar-refractivity contribution in [2.24, 2.45) is 13.0 Å². The molecule has 0 bridgehead atoms. The minimum absolute atomic E-state index is 0.00700. The minimum Gasteiger partial charge on any atom is -0.353 e. The SMILES string of the molecule is CCCCN(Cc1cccn1C)C(=O)CN(CC(C)C)C(=O)Cc1ccccc1. The second kappa shape index (κ2) is 11.4. The molecule has 2 aromatic rings. The minimum atomic E-state index is 0.00700. The van der Waals surface area contributed by atoms with Gasteiger partial charge in [0.15, 0.2) is 0 Å². The fraction of sp³-hybridized carbons (Fsp3) is 0.500. The number of unbranched alkanes of at least 4 members (excludes halogenated alkanes) is 1. The number of nitrogens with zero attached hydrogens (tertiary/aromatic N) is 3. The average Bonchev–Trinajstić information content (AvgIpc) is 3.09. The van der Waals surface area contributed by atoms with Gasteiger partial charge in [-0.1, -0.05) is 57.5 Å². The van der Waals surface area contributed by atoms with Gasteiger partial charge in [0, 0.05) is 32.0 Å². The first-order valence-electron chi connectivity index (χ1n) is 10.6. The summed E-state index contributed by atoms with van der Waals surface area (Å²) in [5, 5.41) is 0. The number of benzene rings is 1. The van der Waals surface area contributed by atoms with Gasteiger partial charge in [-0.2, -0.15) is 0 Å². The summed E-state index contributed by atoms with van der Waals surface area (Å²) >= 11 is 0. The van der Waals surface area contributed by atoms with E-state index in [1.54, 1.807) is 4.90 Å². The van der Waals surface area contributed by atoms with E-state index in [2.05, 4.69) is 20.8 Å². The Kier molecular flexibility index (Phi) is 8.97. The first-order chi connectivity index (χ1) is 13.9. The standard InChI is InChI=1S/C24H35N3O2/c1-5-6-15-26(18-22-13-10-14-25(22)4)24(29)19-27(17-20(2)3)23(28)16-21-11-8-7-9-12-21/h7-14,20H,5-6,15-19H2,1-4H3. The van der Waals surface area contributed by atoms with E-state index in [0.717, 1.165) is 24.1 Å². The topological polar surface area (TPSA) is 45.6 Å². The lowest BCUT2D eigenvalue weighted by Crippen LogP contribution is -2.45. The molecule has 1 heterocycles. The van der Waals surface area contributed by atoms with Crippen molar-refractivity contribution in [2.45, 2.75) is 46.6 Å². The number of carbonyl (C=O) groups excluding carboxylic acids is 2. The lowest BCUT2D eigenvalue weighted by atomic mass is 10.1. The van der Waals surface area contributed by atoms with E-state index in [0.29, 0.717) is 32.0 Å². The van der Waals surface area contributed by atoms with Crippen molar-refractivity contribution in [1.29, 1.82) is 0 Å². The van der Waals surface area contributed by atoms with Crippen LogP contribution in [0.25, 0.3) is 0 Å². The van der Waals surface area contributed by atoms with Crippen molar-refractivity contribution in [3.8, 4) is 0 Å². The predicted molar refractivity (Wildman–Crippen MR) is 117 cm³/mol. The molecule has 0 saturated carbocycles. The summed E-state index contributed by atoms with van der Waals surface area (Å²) in [6.45, 7) is 8.28. The Labute approximate surface area is 175 Å². The molecule has 1 aromatic carbocycles. The van der Waals surface area contributed by atoms with Crippen LogP contribution in [-0.2, 0) is 29.6 Å². The number of amides is 2. The molecule has 2 amide bonds. The Morgan fingerprint density at radius 1 is 1.00 bits per heavy atom. The number of carbonyl (C=O) groups is 2. The summed E-state index contributed by atoms with van der Waals surface area (Å²) in [6, 6.07) is 13.8. The molecule has 0 aliphatic carbocycles. The monoisotopic (exact) mass is 397 g/mol. The number of hydrogen-bond acceptors (Lipinski definition) is 2. The number of aromatic nitrogens is 1. The molecule has 158 valence electrons. The van der Waals surface area contributed by atoms with Crippen molar-refractivity contribution < 1.29 is 9.59 Å². The summed E-state index contributed by atoms with van der Waals surface area (Å²) in [4.78, 5) is 29.7. The Morgan fingerprint density at radius 3 is 2.31 bits per heavy atom. The summed E-state index contributed by atoms with van der Waals surface area (Å²) in [6.07, 6.45) is 4.30. The van der Waals surface area contributed by atoms with Crippen molar-refractivity contribution in [2.75, 3.05) is 19.6 Å². The first-order valence-corrected chi connectivity index (χ1v) is 10.6. The lowest BCUT2D eigenvalue weighted by molar-refractivity contribution is -0.141. The zero-order valence-electron chi connectivity index (χ0n) is 18.3. The Morgan fingerprint density at radius 2 is 1.72 bits per heavy atom. The van der Waals surface area contributed by atoms with E-state index < -0.39 is 0 Å². The third-order valence-electron chi connectivity index (χ3n) is 5.00. The Balaban J connectivity index is 2.09. The first kappa shape index (κ1) is 22.7. The largest absolute Gasteiger partial charge is 0.353 e. The highest BCUT2D eigenvalue weighted by Crippen LogP contribution is 2.10. The maximum absolute atomic E-state index is 13.2. The van der Waals surface area contributed by atoms with E-state index in [1.807, 2.05) is 65.2 Å². The fourth-order valence-electron chi connectivity index (χ4n) is 3.34. The maximum Gasteiger partial charge on any atom is 0.242 e. The summed E-state index contributed by atoms with van der Waals surface area (Å²) in [5.41, 5.74) is 2.07. The second-order valence-corrected chi connectivity index (χ2v) is 8.11. The van der Waals surface area contributed by atoms with E-state index >= 15 is 0 Å². The molecule has 1 aromatic heterocycles. The molecule has 0 atom stereocenters. The second-order valence-electron chi connectivity index (χ2n) is 8.11. The van der Waals surface area contributed by atoms with E-state index in [9.17, 15) is 9.59 Å². The Bertz CT molecular complexity index is 767. The van der Waals surface area contributed by atoms with Crippen molar-refractivity contribution >= 4 is 11.8 Å². The molecule has 2 rings (SSSR count). The van der Waals surface area contributed by atoms with Gasteiger partial charge in [-0.3, -0.25) is 9.59 Å². The number of rotatable bonds is 11. The lowest BCUT2D eigenvalue weighted by Gasteiger charge is -2.29. The van der Waals surface area contributed by atoms with Gasteiger partial charge in [0.1, 0.15) is 0 Å². The van der Waals surface area contributed by atoms with Crippen LogP contribution in [0.2, 0.25) is 0 Å². The van der Waals surface area contributed by atoms with Crippen LogP contribution in [0.4, 0.5) is 0 Å². The van der Waals surface area contributed by atoms with Gasteiger partial charge in [-0.15, -0.1) is 0 Å². The molecule has 5 heteroatoms. The zero-order chi connectivity index (χ0) is 21.2. The molecule has 0 saturated heterocycles. The maximum atomic E-state index is 13.2. The van der Waals surface area contributed by atoms with Crippen LogP contribution in [-0.4, -0.2) is 45.8 Å². The number of aryl methyl sites for hydroxylation is 1. The smallest absolute Gasteiger partial charge is 0.242 e. The molecule has 0 unspecified atom stereocenters. The van der Waals surface area contributed by atoms with Crippen LogP contribution >= 0.6 is 0 Å². The van der Waals surface area contributed by atoms with Crippen LogP contribution in [0, 0.1) is 5.92 Å². The molecule has 0 spiro atoms. The summed E-state index contributed by atoms with van der Waals surface area (Å²) in [7, 11) is 1.99. The van der Waals surface area contributed by atoms with Crippen molar-refractivity contribution in [3.63, 3.8) is 0 Å². The number of hydrogen-bond donors (Lipinski definition) is 0. The Hall–Kier alpha value is -2.56. The molecule has 0 N–H and O–H groups in total.